The number of halogens is 2. The largest absolute Gasteiger partial charge is 0.493 e. The molecule has 1 N–H and O–H groups in total. The number of hydrogen-bond acceptors (Lipinski definition) is 5. The molecular formula is C22H26F2N2O5S. The summed E-state index contributed by atoms with van der Waals surface area (Å²) in [5.41, 5.74) is -0.607. The van der Waals surface area contributed by atoms with E-state index < -0.39 is 45.8 Å². The van der Waals surface area contributed by atoms with Crippen molar-refractivity contribution in [2.24, 2.45) is 0 Å². The summed E-state index contributed by atoms with van der Waals surface area (Å²) < 4.78 is 66.4. The molecule has 1 aliphatic rings. The molecule has 0 aromatic heterocycles. The van der Waals surface area contributed by atoms with Crippen LogP contribution in [-0.2, 0) is 14.8 Å². The van der Waals surface area contributed by atoms with Crippen molar-refractivity contribution < 1.29 is 31.5 Å². The quantitative estimate of drug-likeness (QED) is 0.634. The molecule has 0 heterocycles. The highest BCUT2D eigenvalue weighted by Crippen LogP contribution is 2.33. The molecule has 2 aromatic carbocycles. The minimum atomic E-state index is -4.12. The van der Waals surface area contributed by atoms with Gasteiger partial charge in [-0.3, -0.25) is 4.79 Å². The number of ether oxygens (including phenoxy) is 2. The molecule has 10 heteroatoms. The summed E-state index contributed by atoms with van der Waals surface area (Å²) in [5.74, 6) is -2.11. The predicted molar refractivity (Wildman–Crippen MR) is 115 cm³/mol. The summed E-state index contributed by atoms with van der Waals surface area (Å²) in [4.78, 5) is 12.6. The first-order valence-corrected chi connectivity index (χ1v) is 11.7. The number of benzene rings is 2. The molecule has 32 heavy (non-hydrogen) atoms. The zero-order valence-corrected chi connectivity index (χ0v) is 18.8. The Morgan fingerprint density at radius 1 is 1.03 bits per heavy atom. The van der Waals surface area contributed by atoms with Crippen molar-refractivity contribution in [2.75, 3.05) is 26.1 Å². The lowest BCUT2D eigenvalue weighted by molar-refractivity contribution is -0.116. The molecule has 174 valence electrons. The van der Waals surface area contributed by atoms with Crippen LogP contribution in [0.15, 0.2) is 41.3 Å². The van der Waals surface area contributed by atoms with Gasteiger partial charge >= 0.3 is 0 Å². The molecule has 0 unspecified atom stereocenters. The van der Waals surface area contributed by atoms with Crippen LogP contribution in [0.2, 0.25) is 0 Å². The number of rotatable bonds is 8. The van der Waals surface area contributed by atoms with Crippen LogP contribution < -0.4 is 14.8 Å². The van der Waals surface area contributed by atoms with E-state index in [0.717, 1.165) is 35.7 Å². The number of carbonyl (C=O) groups excluding carboxylic acids is 1. The fraction of sp³-hybridized carbons (Fsp3) is 0.409. The van der Waals surface area contributed by atoms with E-state index in [2.05, 4.69) is 5.32 Å². The molecule has 2 aromatic rings. The summed E-state index contributed by atoms with van der Waals surface area (Å²) in [6, 6.07) is 6.98. The highest BCUT2D eigenvalue weighted by molar-refractivity contribution is 7.89. The van der Waals surface area contributed by atoms with Gasteiger partial charge in [-0.15, -0.1) is 0 Å². The number of amides is 1. The van der Waals surface area contributed by atoms with Gasteiger partial charge in [0.2, 0.25) is 15.9 Å². The van der Waals surface area contributed by atoms with Crippen molar-refractivity contribution in [2.45, 2.75) is 43.0 Å². The van der Waals surface area contributed by atoms with Crippen LogP contribution in [0.25, 0.3) is 0 Å². The molecule has 1 aliphatic carbocycles. The smallest absolute Gasteiger partial charge is 0.243 e. The van der Waals surface area contributed by atoms with Crippen molar-refractivity contribution in [3.8, 4) is 11.5 Å². The number of para-hydroxylation sites is 1. The summed E-state index contributed by atoms with van der Waals surface area (Å²) >= 11 is 0. The third-order valence-corrected chi connectivity index (χ3v) is 7.36. The second-order valence-corrected chi connectivity index (χ2v) is 9.39. The Kier molecular flexibility index (Phi) is 7.68. The summed E-state index contributed by atoms with van der Waals surface area (Å²) in [6.45, 7) is -0.574. The standard InChI is InChI=1S/C22H26F2N2O5S/c1-30-19-12-11-16(13-20(19)31-2)32(28,29)26(15-7-4-3-5-8-15)14-21(27)25-22-17(23)9-6-10-18(22)24/h6,9-13,15H,3-5,7-8,14H2,1-2H3,(H,25,27). The predicted octanol–water partition coefficient (Wildman–Crippen LogP) is 3.94. The van der Waals surface area contributed by atoms with E-state index in [4.69, 9.17) is 9.47 Å². The molecule has 1 amide bonds. The van der Waals surface area contributed by atoms with E-state index in [0.29, 0.717) is 18.6 Å². The van der Waals surface area contributed by atoms with Crippen LogP contribution >= 0.6 is 0 Å². The van der Waals surface area contributed by atoms with Crippen molar-refractivity contribution in [1.29, 1.82) is 0 Å². The molecule has 1 fully saturated rings. The van der Waals surface area contributed by atoms with Gasteiger partial charge in [-0.05, 0) is 37.1 Å². The lowest BCUT2D eigenvalue weighted by Gasteiger charge is -2.33. The van der Waals surface area contributed by atoms with Gasteiger partial charge in [-0.1, -0.05) is 25.3 Å². The maximum absolute atomic E-state index is 13.9. The zero-order chi connectivity index (χ0) is 23.3. The third kappa shape index (κ3) is 5.18. The topological polar surface area (TPSA) is 84.9 Å². The average molecular weight is 469 g/mol. The number of nitrogens with one attached hydrogen (secondary N) is 1. The fourth-order valence-corrected chi connectivity index (χ4v) is 5.49. The Balaban J connectivity index is 1.92. The third-order valence-electron chi connectivity index (χ3n) is 5.47. The number of methoxy groups -OCH3 is 2. The molecule has 0 radical (unpaired) electrons. The molecule has 7 nitrogen and oxygen atoms in total. The maximum Gasteiger partial charge on any atom is 0.243 e. The summed E-state index contributed by atoms with van der Waals surface area (Å²) in [5, 5.41) is 2.17. The van der Waals surface area contributed by atoms with Crippen LogP contribution in [0, 0.1) is 11.6 Å². The Labute approximate surface area is 186 Å². The normalized spacial score (nSPS) is 14.9. The summed E-state index contributed by atoms with van der Waals surface area (Å²) in [6.07, 6.45) is 3.81. The zero-order valence-electron chi connectivity index (χ0n) is 17.9. The van der Waals surface area contributed by atoms with Crippen LogP contribution in [0.3, 0.4) is 0 Å². The van der Waals surface area contributed by atoms with Crippen LogP contribution in [0.1, 0.15) is 32.1 Å². The molecule has 0 spiro atoms. The van der Waals surface area contributed by atoms with Gasteiger partial charge in [0.05, 0.1) is 25.7 Å². The SMILES string of the molecule is COc1ccc(S(=O)(=O)N(CC(=O)Nc2c(F)cccc2F)C2CCCCC2)cc1OC. The Morgan fingerprint density at radius 3 is 2.25 bits per heavy atom. The molecule has 0 bridgehead atoms. The molecule has 3 rings (SSSR count). The van der Waals surface area contributed by atoms with Gasteiger partial charge in [-0.25, -0.2) is 17.2 Å². The Bertz CT molecular complexity index is 1050. The van der Waals surface area contributed by atoms with E-state index in [9.17, 15) is 22.0 Å². The van der Waals surface area contributed by atoms with Gasteiger partial charge in [0.15, 0.2) is 11.5 Å². The lowest BCUT2D eigenvalue weighted by atomic mass is 9.95. The minimum Gasteiger partial charge on any atom is -0.493 e. The number of hydrogen-bond donors (Lipinski definition) is 1. The number of anilines is 1. The Morgan fingerprint density at radius 2 is 1.66 bits per heavy atom. The van der Waals surface area contributed by atoms with Crippen molar-refractivity contribution >= 4 is 21.6 Å². The average Bonchev–Trinajstić information content (AvgIpc) is 2.80. The van der Waals surface area contributed by atoms with E-state index >= 15 is 0 Å². The molecular weight excluding hydrogens is 442 g/mol. The fourth-order valence-electron chi connectivity index (χ4n) is 3.83. The van der Waals surface area contributed by atoms with Crippen LogP contribution in [-0.4, -0.2) is 45.4 Å². The maximum atomic E-state index is 13.9. The van der Waals surface area contributed by atoms with Crippen LogP contribution in [0.4, 0.5) is 14.5 Å². The molecule has 0 saturated heterocycles. The number of sulfonamides is 1. The Hall–Kier alpha value is -2.72. The van der Waals surface area contributed by atoms with Crippen LogP contribution in [0.5, 0.6) is 11.5 Å². The van der Waals surface area contributed by atoms with Gasteiger partial charge in [0, 0.05) is 12.1 Å². The van der Waals surface area contributed by atoms with Gasteiger partial charge in [0.1, 0.15) is 17.3 Å². The molecule has 0 aliphatic heterocycles. The highest BCUT2D eigenvalue weighted by Gasteiger charge is 2.34. The number of carbonyl (C=O) groups is 1. The first kappa shape index (κ1) is 23.9. The monoisotopic (exact) mass is 468 g/mol. The minimum absolute atomic E-state index is 0.0643. The second kappa shape index (κ2) is 10.3. The summed E-state index contributed by atoms with van der Waals surface area (Å²) in [7, 11) is -1.29. The lowest BCUT2D eigenvalue weighted by Crippen LogP contribution is -2.45. The van der Waals surface area contributed by atoms with Crippen molar-refractivity contribution in [3.63, 3.8) is 0 Å². The highest BCUT2D eigenvalue weighted by atomic mass is 32.2. The second-order valence-electron chi connectivity index (χ2n) is 7.50. The van der Waals surface area contributed by atoms with Crippen molar-refractivity contribution in [3.05, 3.63) is 48.0 Å². The first-order chi connectivity index (χ1) is 15.3. The molecule has 1 saturated carbocycles. The van der Waals surface area contributed by atoms with E-state index in [1.54, 1.807) is 0 Å². The van der Waals surface area contributed by atoms with E-state index in [1.807, 2.05) is 0 Å². The van der Waals surface area contributed by atoms with Gasteiger partial charge in [0.25, 0.3) is 0 Å². The van der Waals surface area contributed by atoms with Gasteiger partial charge < -0.3 is 14.8 Å². The van der Waals surface area contributed by atoms with E-state index in [-0.39, 0.29) is 10.6 Å². The van der Waals surface area contributed by atoms with Gasteiger partial charge in [-0.2, -0.15) is 4.31 Å². The first-order valence-electron chi connectivity index (χ1n) is 10.3. The molecule has 0 atom stereocenters. The number of nitrogens with zero attached hydrogens (tertiary/aromatic N) is 1. The van der Waals surface area contributed by atoms with E-state index in [1.165, 1.54) is 38.5 Å². The van der Waals surface area contributed by atoms with Crippen molar-refractivity contribution in [1.82, 2.24) is 4.31 Å².